The number of hydrogen-bond donors (Lipinski definition) is 0. The molecule has 2 aliphatic heterocycles. The van der Waals surface area contributed by atoms with Crippen molar-refractivity contribution in [1.82, 2.24) is 5.01 Å². The van der Waals surface area contributed by atoms with Crippen LogP contribution in [0.25, 0.3) is 0 Å². The van der Waals surface area contributed by atoms with Gasteiger partial charge in [-0.15, -0.1) is 0 Å². The Morgan fingerprint density at radius 1 is 0.828 bits per heavy atom. The number of hydrogen-bond acceptors (Lipinski definition) is 6. The second-order valence-corrected chi connectivity index (χ2v) is 7.61. The van der Waals surface area contributed by atoms with E-state index < -0.39 is 0 Å². The molecular weight excluding hydrogens is 362 g/mol. The zero-order chi connectivity index (χ0) is 20.1. The molecule has 0 N–H and O–H groups in total. The summed E-state index contributed by atoms with van der Waals surface area (Å²) >= 11 is 0. The van der Waals surface area contributed by atoms with E-state index in [-0.39, 0.29) is 0 Å². The zero-order valence-electron chi connectivity index (χ0n) is 17.5. The van der Waals surface area contributed by atoms with Crippen LogP contribution in [0.1, 0.15) is 19.8 Å². The Hall–Kier alpha value is -2.89. The number of hydrazone groups is 1. The Balaban J connectivity index is 1.30. The average Bonchev–Trinajstić information content (AvgIpc) is 3.27. The number of benzene rings is 2. The Kier molecular flexibility index (Phi) is 6.08. The molecule has 2 aromatic rings. The van der Waals surface area contributed by atoms with Gasteiger partial charge >= 0.3 is 0 Å². The highest BCUT2D eigenvalue weighted by Crippen LogP contribution is 2.25. The zero-order valence-corrected chi connectivity index (χ0v) is 17.5. The molecule has 2 aromatic carbocycles. The average molecular weight is 394 g/mol. The lowest BCUT2D eigenvalue weighted by Crippen LogP contribution is -2.46. The molecule has 0 unspecified atom stereocenters. The van der Waals surface area contributed by atoms with Crippen molar-refractivity contribution in [2.24, 2.45) is 5.10 Å². The van der Waals surface area contributed by atoms with Crippen molar-refractivity contribution < 1.29 is 4.74 Å². The van der Waals surface area contributed by atoms with Crippen LogP contribution in [0.2, 0.25) is 0 Å². The number of ether oxygens (including phenoxy) is 1. The second-order valence-electron chi connectivity index (χ2n) is 7.61. The van der Waals surface area contributed by atoms with Gasteiger partial charge in [-0.2, -0.15) is 5.10 Å². The smallest absolute Gasteiger partial charge is 0.119 e. The van der Waals surface area contributed by atoms with E-state index in [4.69, 9.17) is 4.74 Å². The lowest BCUT2D eigenvalue weighted by molar-refractivity contribution is 0.313. The number of methoxy groups -OCH3 is 1. The molecule has 2 aliphatic rings. The molecule has 4 rings (SSSR count). The Bertz CT molecular complexity index is 797. The molecule has 0 aromatic heterocycles. The number of nitrogens with zero attached hydrogens (tertiary/aromatic N) is 5. The summed E-state index contributed by atoms with van der Waals surface area (Å²) in [5.41, 5.74) is 3.76. The summed E-state index contributed by atoms with van der Waals surface area (Å²) in [5, 5.41) is 6.64. The van der Waals surface area contributed by atoms with Gasteiger partial charge in [0.15, 0.2) is 0 Å². The molecule has 1 fully saturated rings. The molecule has 0 amide bonds. The lowest BCUT2D eigenvalue weighted by atomic mass is 10.2. The van der Waals surface area contributed by atoms with Crippen LogP contribution in [0.4, 0.5) is 17.1 Å². The summed E-state index contributed by atoms with van der Waals surface area (Å²) in [6.07, 6.45) is 4.33. The van der Waals surface area contributed by atoms with Crippen molar-refractivity contribution in [3.05, 3.63) is 48.5 Å². The molecular formula is C23H31N5O. The van der Waals surface area contributed by atoms with Crippen LogP contribution in [-0.2, 0) is 0 Å². The molecule has 6 heteroatoms. The van der Waals surface area contributed by atoms with E-state index in [0.29, 0.717) is 0 Å². The van der Waals surface area contributed by atoms with E-state index in [2.05, 4.69) is 68.1 Å². The molecule has 2 heterocycles. The molecule has 0 radical (unpaired) electrons. The van der Waals surface area contributed by atoms with E-state index in [9.17, 15) is 0 Å². The van der Waals surface area contributed by atoms with Crippen molar-refractivity contribution in [1.29, 1.82) is 0 Å². The van der Waals surface area contributed by atoms with Crippen LogP contribution in [0.3, 0.4) is 0 Å². The normalized spacial score (nSPS) is 16.6. The Labute approximate surface area is 174 Å². The molecule has 0 saturated carbocycles. The number of rotatable bonds is 7. The fourth-order valence-corrected chi connectivity index (χ4v) is 3.87. The van der Waals surface area contributed by atoms with Crippen molar-refractivity contribution in [3.8, 4) is 5.75 Å². The molecule has 0 bridgehead atoms. The van der Waals surface area contributed by atoms with Crippen molar-refractivity contribution >= 4 is 23.4 Å². The van der Waals surface area contributed by atoms with Crippen LogP contribution in [0.5, 0.6) is 5.75 Å². The van der Waals surface area contributed by atoms with Crippen LogP contribution >= 0.6 is 0 Å². The molecule has 0 aliphatic carbocycles. The second kappa shape index (κ2) is 9.07. The maximum atomic E-state index is 5.26. The van der Waals surface area contributed by atoms with Gasteiger partial charge in [0.2, 0.25) is 0 Å². The number of unbranched alkanes of at least 4 members (excludes halogenated alkanes) is 1. The monoisotopic (exact) mass is 393 g/mol. The van der Waals surface area contributed by atoms with E-state index in [1.165, 1.54) is 29.9 Å². The maximum Gasteiger partial charge on any atom is 0.119 e. The highest BCUT2D eigenvalue weighted by Gasteiger charge is 2.19. The first-order chi connectivity index (χ1) is 14.3. The predicted molar refractivity (Wildman–Crippen MR) is 121 cm³/mol. The molecule has 0 spiro atoms. The summed E-state index contributed by atoms with van der Waals surface area (Å²) in [5.74, 6) is 0.906. The van der Waals surface area contributed by atoms with Gasteiger partial charge < -0.3 is 19.4 Å². The highest BCUT2D eigenvalue weighted by molar-refractivity contribution is 5.80. The van der Waals surface area contributed by atoms with Crippen molar-refractivity contribution in [2.75, 3.05) is 61.2 Å². The van der Waals surface area contributed by atoms with E-state index in [1.54, 1.807) is 7.11 Å². The van der Waals surface area contributed by atoms with Gasteiger partial charge in [0.1, 0.15) is 18.8 Å². The van der Waals surface area contributed by atoms with Gasteiger partial charge in [0.25, 0.3) is 0 Å². The molecule has 154 valence electrons. The van der Waals surface area contributed by atoms with Crippen molar-refractivity contribution in [3.63, 3.8) is 0 Å². The van der Waals surface area contributed by atoms with Crippen LogP contribution in [0.15, 0.2) is 53.6 Å². The summed E-state index contributed by atoms with van der Waals surface area (Å²) in [7, 11) is 1.71. The molecule has 6 nitrogen and oxygen atoms in total. The standard InChI is InChI=1S/C23H31N5O/c1-3-4-13-28-19-27(18-24-28)22-7-5-20(6-8-22)25-14-16-26(17-15-25)21-9-11-23(29-2)12-10-21/h5-12,18H,3-4,13-17,19H2,1-2H3. The fourth-order valence-electron chi connectivity index (χ4n) is 3.87. The number of piperazine rings is 1. The lowest BCUT2D eigenvalue weighted by Gasteiger charge is -2.37. The summed E-state index contributed by atoms with van der Waals surface area (Å²) in [6, 6.07) is 17.2. The number of anilines is 3. The summed E-state index contributed by atoms with van der Waals surface area (Å²) in [4.78, 5) is 7.12. The molecule has 1 saturated heterocycles. The fraction of sp³-hybridized carbons (Fsp3) is 0.435. The maximum absolute atomic E-state index is 5.26. The Morgan fingerprint density at radius 3 is 1.93 bits per heavy atom. The van der Waals surface area contributed by atoms with E-state index in [1.807, 2.05) is 18.5 Å². The highest BCUT2D eigenvalue weighted by atomic mass is 16.5. The molecule has 0 atom stereocenters. The van der Waals surface area contributed by atoms with Gasteiger partial charge in [-0.1, -0.05) is 13.3 Å². The third kappa shape index (κ3) is 4.58. The van der Waals surface area contributed by atoms with Crippen LogP contribution in [0, 0.1) is 0 Å². The van der Waals surface area contributed by atoms with E-state index >= 15 is 0 Å². The Morgan fingerprint density at radius 2 is 1.38 bits per heavy atom. The van der Waals surface area contributed by atoms with Gasteiger partial charge in [-0.25, -0.2) is 0 Å². The van der Waals surface area contributed by atoms with Gasteiger partial charge in [-0.05, 0) is 55.0 Å². The minimum Gasteiger partial charge on any atom is -0.497 e. The van der Waals surface area contributed by atoms with Gasteiger partial charge in [0.05, 0.1) is 7.11 Å². The SMILES string of the molecule is CCCCN1CN(c2ccc(N3CCN(c4ccc(OC)cc4)CC3)cc2)C=N1. The first kappa shape index (κ1) is 19.4. The summed E-state index contributed by atoms with van der Waals surface area (Å²) in [6.45, 7) is 8.20. The van der Waals surface area contributed by atoms with Crippen molar-refractivity contribution in [2.45, 2.75) is 19.8 Å². The first-order valence-corrected chi connectivity index (χ1v) is 10.6. The third-order valence-electron chi connectivity index (χ3n) is 5.70. The quantitative estimate of drug-likeness (QED) is 0.714. The predicted octanol–water partition coefficient (Wildman–Crippen LogP) is 3.84. The topological polar surface area (TPSA) is 34.5 Å². The molecule has 29 heavy (non-hydrogen) atoms. The van der Waals surface area contributed by atoms with E-state index in [0.717, 1.165) is 45.1 Å². The summed E-state index contributed by atoms with van der Waals surface area (Å²) < 4.78 is 5.26. The minimum atomic E-state index is 0.847. The van der Waals surface area contributed by atoms with Gasteiger partial charge in [-0.3, -0.25) is 5.01 Å². The first-order valence-electron chi connectivity index (χ1n) is 10.6. The van der Waals surface area contributed by atoms with Crippen LogP contribution < -0.4 is 19.4 Å². The third-order valence-corrected chi connectivity index (χ3v) is 5.70. The minimum absolute atomic E-state index is 0.847. The largest absolute Gasteiger partial charge is 0.497 e. The van der Waals surface area contributed by atoms with Gasteiger partial charge in [0, 0.05) is 49.8 Å². The van der Waals surface area contributed by atoms with Crippen LogP contribution in [-0.4, -0.2) is 57.8 Å².